The van der Waals surface area contributed by atoms with E-state index in [1.807, 2.05) is 25.9 Å². The van der Waals surface area contributed by atoms with Crippen LogP contribution in [-0.2, 0) is 0 Å². The first-order valence-electron chi connectivity index (χ1n) is 4.48. The third-order valence-electron chi connectivity index (χ3n) is 2.00. The first-order valence-corrected chi connectivity index (χ1v) is 4.48. The Morgan fingerprint density at radius 1 is 1.33 bits per heavy atom. The van der Waals surface area contributed by atoms with E-state index >= 15 is 0 Å². The van der Waals surface area contributed by atoms with E-state index in [-0.39, 0.29) is 5.69 Å². The van der Waals surface area contributed by atoms with Crippen LogP contribution in [0.3, 0.4) is 0 Å². The Morgan fingerprint density at radius 2 is 1.87 bits per heavy atom. The van der Waals surface area contributed by atoms with Gasteiger partial charge in [0.2, 0.25) is 0 Å². The van der Waals surface area contributed by atoms with E-state index in [9.17, 15) is 10.1 Å². The molecule has 1 aromatic carbocycles. The number of amidine groups is 1. The Labute approximate surface area is 88.2 Å². The van der Waals surface area contributed by atoms with E-state index in [0.717, 1.165) is 5.84 Å². The molecule has 5 heteroatoms. The van der Waals surface area contributed by atoms with Gasteiger partial charge in [0.1, 0.15) is 5.84 Å². The number of hydrogen-bond acceptors (Lipinski definition) is 3. The lowest BCUT2D eigenvalue weighted by Gasteiger charge is -2.10. The zero-order valence-corrected chi connectivity index (χ0v) is 8.97. The average Bonchev–Trinajstić information content (AvgIpc) is 2.18. The van der Waals surface area contributed by atoms with Crippen LogP contribution < -0.4 is 0 Å². The minimum atomic E-state index is -0.424. The third kappa shape index (κ3) is 3.05. The smallest absolute Gasteiger partial charge is 0.269 e. The molecule has 0 amide bonds. The van der Waals surface area contributed by atoms with Gasteiger partial charge in [0.25, 0.3) is 5.69 Å². The summed E-state index contributed by atoms with van der Waals surface area (Å²) < 4.78 is 0. The van der Waals surface area contributed by atoms with E-state index in [0.29, 0.717) is 5.69 Å². The van der Waals surface area contributed by atoms with Crippen molar-refractivity contribution < 1.29 is 4.92 Å². The maximum absolute atomic E-state index is 10.4. The molecule has 0 N–H and O–H groups in total. The Balaban J connectivity index is 2.90. The highest BCUT2D eigenvalue weighted by molar-refractivity contribution is 5.82. The summed E-state index contributed by atoms with van der Waals surface area (Å²) in [6.45, 7) is 1.88. The van der Waals surface area contributed by atoms with Crippen molar-refractivity contribution >= 4 is 17.2 Å². The van der Waals surface area contributed by atoms with E-state index in [1.54, 1.807) is 12.1 Å². The van der Waals surface area contributed by atoms with Crippen molar-refractivity contribution in [2.45, 2.75) is 6.92 Å². The minimum Gasteiger partial charge on any atom is -0.366 e. The highest BCUT2D eigenvalue weighted by Crippen LogP contribution is 2.18. The SMILES string of the molecule is CC(=Nc1ccc([N+](=O)[O-])cc1)N(C)C. The van der Waals surface area contributed by atoms with Crippen LogP contribution in [0.25, 0.3) is 0 Å². The van der Waals surface area contributed by atoms with Gasteiger partial charge in [-0.25, -0.2) is 4.99 Å². The largest absolute Gasteiger partial charge is 0.366 e. The normalized spacial score (nSPS) is 11.3. The van der Waals surface area contributed by atoms with Crippen molar-refractivity contribution in [2.24, 2.45) is 4.99 Å². The van der Waals surface area contributed by atoms with Gasteiger partial charge in [0, 0.05) is 26.2 Å². The fraction of sp³-hybridized carbons (Fsp3) is 0.300. The molecular formula is C10H13N3O2. The van der Waals surface area contributed by atoms with Gasteiger partial charge in [-0.3, -0.25) is 10.1 Å². The van der Waals surface area contributed by atoms with Crippen molar-refractivity contribution in [2.75, 3.05) is 14.1 Å². The lowest BCUT2D eigenvalue weighted by atomic mass is 10.3. The summed E-state index contributed by atoms with van der Waals surface area (Å²) in [5, 5.41) is 10.4. The second-order valence-electron chi connectivity index (χ2n) is 3.33. The standard InChI is InChI=1S/C10H13N3O2/c1-8(12(2)3)11-9-4-6-10(7-5-9)13(14)15/h4-7H,1-3H3. The molecule has 1 rings (SSSR count). The Hall–Kier alpha value is -1.91. The predicted octanol–water partition coefficient (Wildman–Crippen LogP) is 2.21. The van der Waals surface area contributed by atoms with Crippen LogP contribution in [0.1, 0.15) is 6.92 Å². The average molecular weight is 207 g/mol. The molecule has 15 heavy (non-hydrogen) atoms. The second kappa shape index (κ2) is 4.54. The highest BCUT2D eigenvalue weighted by Gasteiger charge is 2.03. The summed E-state index contributed by atoms with van der Waals surface area (Å²) in [4.78, 5) is 16.1. The Bertz CT molecular complexity index is 382. The number of benzene rings is 1. The first-order chi connectivity index (χ1) is 7.00. The summed E-state index contributed by atoms with van der Waals surface area (Å²) in [7, 11) is 3.79. The number of hydrogen-bond donors (Lipinski definition) is 0. The second-order valence-corrected chi connectivity index (χ2v) is 3.33. The molecule has 0 saturated heterocycles. The van der Waals surface area contributed by atoms with Crippen LogP contribution in [0, 0.1) is 10.1 Å². The van der Waals surface area contributed by atoms with Gasteiger partial charge in [0.15, 0.2) is 0 Å². The van der Waals surface area contributed by atoms with Gasteiger partial charge in [-0.1, -0.05) is 0 Å². The number of nitro benzene ring substituents is 1. The minimum absolute atomic E-state index is 0.0801. The molecule has 0 radical (unpaired) electrons. The molecule has 5 nitrogen and oxygen atoms in total. The molecule has 0 aromatic heterocycles. The van der Waals surface area contributed by atoms with Crippen molar-refractivity contribution in [3.05, 3.63) is 34.4 Å². The summed E-state index contributed by atoms with van der Waals surface area (Å²) in [6.07, 6.45) is 0. The Morgan fingerprint density at radius 3 is 2.27 bits per heavy atom. The molecular weight excluding hydrogens is 194 g/mol. The van der Waals surface area contributed by atoms with Crippen molar-refractivity contribution in [3.63, 3.8) is 0 Å². The number of nitrogens with zero attached hydrogens (tertiary/aromatic N) is 3. The molecule has 0 saturated carbocycles. The van der Waals surface area contributed by atoms with E-state index < -0.39 is 4.92 Å². The monoisotopic (exact) mass is 207 g/mol. The van der Waals surface area contributed by atoms with Crippen molar-refractivity contribution in [3.8, 4) is 0 Å². The molecule has 0 spiro atoms. The maximum Gasteiger partial charge on any atom is 0.269 e. The van der Waals surface area contributed by atoms with Gasteiger partial charge >= 0.3 is 0 Å². The summed E-state index contributed by atoms with van der Waals surface area (Å²) in [5.41, 5.74) is 0.795. The number of aliphatic imine (C=N–C) groups is 1. The van der Waals surface area contributed by atoms with Crippen LogP contribution in [0.15, 0.2) is 29.3 Å². The van der Waals surface area contributed by atoms with Crippen molar-refractivity contribution in [1.29, 1.82) is 0 Å². The van der Waals surface area contributed by atoms with Gasteiger partial charge in [-0.05, 0) is 19.1 Å². The molecule has 0 aliphatic rings. The molecule has 0 bridgehead atoms. The zero-order valence-electron chi connectivity index (χ0n) is 8.97. The van der Waals surface area contributed by atoms with Gasteiger partial charge in [0.05, 0.1) is 10.6 Å². The van der Waals surface area contributed by atoms with E-state index in [4.69, 9.17) is 0 Å². The van der Waals surface area contributed by atoms with Gasteiger partial charge in [-0.15, -0.1) is 0 Å². The van der Waals surface area contributed by atoms with Gasteiger partial charge in [-0.2, -0.15) is 0 Å². The summed E-state index contributed by atoms with van der Waals surface area (Å²) >= 11 is 0. The number of rotatable bonds is 2. The third-order valence-corrected chi connectivity index (χ3v) is 2.00. The highest BCUT2D eigenvalue weighted by atomic mass is 16.6. The predicted molar refractivity (Wildman–Crippen MR) is 59.6 cm³/mol. The van der Waals surface area contributed by atoms with Crippen molar-refractivity contribution in [1.82, 2.24) is 4.90 Å². The van der Waals surface area contributed by atoms with Crippen LogP contribution in [0.5, 0.6) is 0 Å². The van der Waals surface area contributed by atoms with E-state index in [2.05, 4.69) is 4.99 Å². The molecule has 0 aliphatic carbocycles. The van der Waals surface area contributed by atoms with Crippen LogP contribution in [0.4, 0.5) is 11.4 Å². The quantitative estimate of drug-likeness (QED) is 0.323. The summed E-state index contributed by atoms with van der Waals surface area (Å²) in [6, 6.07) is 6.15. The fourth-order valence-electron chi connectivity index (χ4n) is 0.936. The topological polar surface area (TPSA) is 58.7 Å². The fourth-order valence-corrected chi connectivity index (χ4v) is 0.936. The molecule has 0 aliphatic heterocycles. The zero-order chi connectivity index (χ0) is 11.4. The van der Waals surface area contributed by atoms with Gasteiger partial charge < -0.3 is 4.90 Å². The first kappa shape index (κ1) is 11.2. The molecule has 0 fully saturated rings. The van der Waals surface area contributed by atoms with Crippen LogP contribution in [0.2, 0.25) is 0 Å². The summed E-state index contributed by atoms with van der Waals surface area (Å²) in [5.74, 6) is 0.851. The number of non-ortho nitro benzene ring substituents is 1. The molecule has 0 heterocycles. The van der Waals surface area contributed by atoms with E-state index in [1.165, 1.54) is 12.1 Å². The lowest BCUT2D eigenvalue weighted by Crippen LogP contribution is -2.17. The number of nitro groups is 1. The van der Waals surface area contributed by atoms with Crippen LogP contribution >= 0.6 is 0 Å². The molecule has 80 valence electrons. The molecule has 0 unspecified atom stereocenters. The van der Waals surface area contributed by atoms with Crippen LogP contribution in [-0.4, -0.2) is 29.8 Å². The molecule has 0 atom stereocenters. The lowest BCUT2D eigenvalue weighted by molar-refractivity contribution is -0.384. The maximum atomic E-state index is 10.4. The Kier molecular flexibility index (Phi) is 3.38. The molecule has 1 aromatic rings.